The van der Waals surface area contributed by atoms with E-state index in [0.29, 0.717) is 6.54 Å². The Balaban J connectivity index is 1.90. The molecule has 0 saturated carbocycles. The number of aliphatic hydroxyl groups is 1. The van der Waals surface area contributed by atoms with Gasteiger partial charge in [0.15, 0.2) is 0 Å². The van der Waals surface area contributed by atoms with Gasteiger partial charge in [0, 0.05) is 18.0 Å². The Bertz CT molecular complexity index is 464. The van der Waals surface area contributed by atoms with E-state index in [4.69, 9.17) is 0 Å². The second-order valence-corrected chi connectivity index (χ2v) is 6.75. The van der Waals surface area contributed by atoms with Gasteiger partial charge in [0.05, 0.1) is 12.1 Å². The maximum atomic E-state index is 12.2. The number of carbonyl (C=O) groups is 1. The Kier molecular flexibility index (Phi) is 5.94. The standard InChI is InChI=1S/C16H24N2O2S/c1-3-21-15-8-6-13(7-9-15)12(2)17-16(20)18-10-4-5-14(19)11-18/h6-9,12,14,19H,3-5,10-11H2,1-2H3,(H,17,20)/t12-,14-/m0/s1. The van der Waals surface area contributed by atoms with Gasteiger partial charge in [-0.05, 0) is 43.2 Å². The number of β-amino-alcohol motifs (C(OH)–C–C–N with tert-alkyl or cyclic N) is 1. The number of aliphatic hydroxyl groups excluding tert-OH is 1. The van der Waals surface area contributed by atoms with Crippen LogP contribution in [0.3, 0.4) is 0 Å². The summed E-state index contributed by atoms with van der Waals surface area (Å²) in [6, 6.07) is 8.20. The lowest BCUT2D eigenvalue weighted by Gasteiger charge is -2.31. The second-order valence-electron chi connectivity index (χ2n) is 5.42. The zero-order valence-corrected chi connectivity index (χ0v) is 13.5. The molecule has 0 bridgehead atoms. The van der Waals surface area contributed by atoms with Crippen LogP contribution in [0.2, 0.25) is 0 Å². The highest BCUT2D eigenvalue weighted by molar-refractivity contribution is 7.99. The number of nitrogens with one attached hydrogen (secondary N) is 1. The van der Waals surface area contributed by atoms with Gasteiger partial charge >= 0.3 is 6.03 Å². The fourth-order valence-electron chi connectivity index (χ4n) is 2.52. The molecule has 1 fully saturated rings. The van der Waals surface area contributed by atoms with Gasteiger partial charge in [-0.15, -0.1) is 11.8 Å². The first-order chi connectivity index (χ1) is 10.1. The number of thioether (sulfide) groups is 1. The molecule has 4 nitrogen and oxygen atoms in total. The molecular formula is C16H24N2O2S. The predicted octanol–water partition coefficient (Wildman–Crippen LogP) is 3.03. The first-order valence-electron chi connectivity index (χ1n) is 7.56. The summed E-state index contributed by atoms with van der Waals surface area (Å²) in [5.41, 5.74) is 1.10. The molecule has 1 aliphatic heterocycles. The van der Waals surface area contributed by atoms with Crippen LogP contribution in [0, 0.1) is 0 Å². The smallest absolute Gasteiger partial charge is 0.317 e. The van der Waals surface area contributed by atoms with Crippen LogP contribution in [0.4, 0.5) is 4.79 Å². The van der Waals surface area contributed by atoms with Crippen LogP contribution in [0.1, 0.15) is 38.3 Å². The van der Waals surface area contributed by atoms with Gasteiger partial charge in [0.2, 0.25) is 0 Å². The lowest BCUT2D eigenvalue weighted by atomic mass is 10.1. The third kappa shape index (κ3) is 4.64. The molecule has 1 aromatic carbocycles. The van der Waals surface area contributed by atoms with Crippen LogP contribution < -0.4 is 5.32 Å². The van der Waals surface area contributed by atoms with Crippen molar-refractivity contribution in [1.82, 2.24) is 10.2 Å². The van der Waals surface area contributed by atoms with Crippen molar-refractivity contribution in [2.45, 2.75) is 43.7 Å². The van der Waals surface area contributed by atoms with Crippen molar-refractivity contribution >= 4 is 17.8 Å². The molecule has 116 valence electrons. The number of rotatable bonds is 4. The van der Waals surface area contributed by atoms with Crippen molar-refractivity contribution in [3.05, 3.63) is 29.8 Å². The van der Waals surface area contributed by atoms with Crippen LogP contribution >= 0.6 is 11.8 Å². The molecule has 2 N–H and O–H groups in total. The van der Waals surface area contributed by atoms with E-state index in [1.165, 1.54) is 4.90 Å². The molecular weight excluding hydrogens is 284 g/mol. The number of nitrogens with zero attached hydrogens (tertiary/aromatic N) is 1. The highest BCUT2D eigenvalue weighted by Crippen LogP contribution is 2.21. The minimum absolute atomic E-state index is 0.0303. The molecule has 0 aliphatic carbocycles. The Hall–Kier alpha value is -1.20. The minimum atomic E-state index is -0.384. The molecule has 0 aromatic heterocycles. The fraction of sp³-hybridized carbons (Fsp3) is 0.562. The Morgan fingerprint density at radius 3 is 2.81 bits per heavy atom. The van der Waals surface area contributed by atoms with E-state index in [0.717, 1.165) is 30.7 Å². The van der Waals surface area contributed by atoms with Crippen LogP contribution in [-0.2, 0) is 0 Å². The van der Waals surface area contributed by atoms with Gasteiger partial charge in [0.1, 0.15) is 0 Å². The van der Waals surface area contributed by atoms with Crippen LogP contribution in [0.5, 0.6) is 0 Å². The van der Waals surface area contributed by atoms with Crippen molar-refractivity contribution in [3.8, 4) is 0 Å². The van der Waals surface area contributed by atoms with Gasteiger partial charge in [-0.2, -0.15) is 0 Å². The number of hydrogen-bond donors (Lipinski definition) is 2. The zero-order valence-electron chi connectivity index (χ0n) is 12.7. The lowest BCUT2D eigenvalue weighted by molar-refractivity contribution is 0.0835. The Labute approximate surface area is 130 Å². The highest BCUT2D eigenvalue weighted by Gasteiger charge is 2.23. The summed E-state index contributed by atoms with van der Waals surface area (Å²) in [5.74, 6) is 1.06. The van der Waals surface area contributed by atoms with Gasteiger partial charge in [0.25, 0.3) is 0 Å². The van der Waals surface area contributed by atoms with E-state index in [1.54, 1.807) is 4.90 Å². The van der Waals surface area contributed by atoms with E-state index >= 15 is 0 Å². The molecule has 1 saturated heterocycles. The lowest BCUT2D eigenvalue weighted by Crippen LogP contribution is -2.47. The molecule has 2 amide bonds. The van der Waals surface area contributed by atoms with Crippen LogP contribution in [-0.4, -0.2) is 41.0 Å². The van der Waals surface area contributed by atoms with Gasteiger partial charge in [-0.3, -0.25) is 0 Å². The highest BCUT2D eigenvalue weighted by atomic mass is 32.2. The van der Waals surface area contributed by atoms with E-state index in [1.807, 2.05) is 18.7 Å². The molecule has 1 aromatic rings. The van der Waals surface area contributed by atoms with E-state index < -0.39 is 0 Å². The minimum Gasteiger partial charge on any atom is -0.391 e. The summed E-state index contributed by atoms with van der Waals surface area (Å²) in [4.78, 5) is 15.1. The average molecular weight is 308 g/mol. The molecule has 1 aliphatic rings. The van der Waals surface area contributed by atoms with Gasteiger partial charge < -0.3 is 15.3 Å². The number of hydrogen-bond acceptors (Lipinski definition) is 3. The summed E-state index contributed by atoms with van der Waals surface area (Å²) >= 11 is 1.81. The van der Waals surface area contributed by atoms with Crippen LogP contribution in [0.25, 0.3) is 0 Å². The summed E-state index contributed by atoms with van der Waals surface area (Å²) < 4.78 is 0. The topological polar surface area (TPSA) is 52.6 Å². The molecule has 0 spiro atoms. The monoisotopic (exact) mass is 308 g/mol. The van der Waals surface area contributed by atoms with Crippen molar-refractivity contribution in [1.29, 1.82) is 0 Å². The van der Waals surface area contributed by atoms with Crippen molar-refractivity contribution in [2.75, 3.05) is 18.8 Å². The summed E-state index contributed by atoms with van der Waals surface area (Å²) in [7, 11) is 0. The maximum Gasteiger partial charge on any atom is 0.317 e. The SMILES string of the molecule is CCSc1ccc([C@H](C)NC(=O)N2CCC[C@H](O)C2)cc1. The Morgan fingerprint density at radius 2 is 2.19 bits per heavy atom. The van der Waals surface area contributed by atoms with E-state index in [9.17, 15) is 9.90 Å². The zero-order chi connectivity index (χ0) is 15.2. The summed E-state index contributed by atoms with van der Waals surface area (Å²) in [6.07, 6.45) is 1.27. The van der Waals surface area contributed by atoms with Crippen molar-refractivity contribution < 1.29 is 9.90 Å². The molecule has 2 atom stereocenters. The molecule has 0 radical (unpaired) electrons. The number of amides is 2. The maximum absolute atomic E-state index is 12.2. The quantitative estimate of drug-likeness (QED) is 0.841. The van der Waals surface area contributed by atoms with Crippen LogP contribution in [0.15, 0.2) is 29.2 Å². The molecule has 0 unspecified atom stereocenters. The molecule has 1 heterocycles. The largest absolute Gasteiger partial charge is 0.391 e. The first-order valence-corrected chi connectivity index (χ1v) is 8.55. The summed E-state index contributed by atoms with van der Waals surface area (Å²) in [6.45, 7) is 5.28. The second kappa shape index (κ2) is 7.71. The number of likely N-dealkylation sites (tertiary alicyclic amines) is 1. The molecule has 21 heavy (non-hydrogen) atoms. The average Bonchev–Trinajstić information content (AvgIpc) is 2.48. The first kappa shape index (κ1) is 16.2. The van der Waals surface area contributed by atoms with Crippen molar-refractivity contribution in [2.24, 2.45) is 0 Å². The van der Waals surface area contributed by atoms with Crippen molar-refractivity contribution in [3.63, 3.8) is 0 Å². The van der Waals surface area contributed by atoms with Gasteiger partial charge in [-0.25, -0.2) is 4.79 Å². The predicted molar refractivity (Wildman–Crippen MR) is 86.6 cm³/mol. The molecule has 5 heteroatoms. The molecule has 2 rings (SSSR count). The summed E-state index contributed by atoms with van der Waals surface area (Å²) in [5, 5.41) is 12.6. The third-order valence-electron chi connectivity index (χ3n) is 3.71. The number of benzene rings is 1. The normalized spacial score (nSPS) is 20.1. The fourth-order valence-corrected chi connectivity index (χ4v) is 3.18. The number of urea groups is 1. The Morgan fingerprint density at radius 1 is 1.48 bits per heavy atom. The van der Waals surface area contributed by atoms with Gasteiger partial charge in [-0.1, -0.05) is 19.1 Å². The number of piperidine rings is 1. The third-order valence-corrected chi connectivity index (χ3v) is 4.61. The van der Waals surface area contributed by atoms with E-state index in [-0.39, 0.29) is 18.2 Å². The number of carbonyl (C=O) groups excluding carboxylic acids is 1. The van der Waals surface area contributed by atoms with E-state index in [2.05, 4.69) is 36.5 Å².